The van der Waals surface area contributed by atoms with E-state index in [4.69, 9.17) is 14.5 Å². The molecule has 0 bridgehead atoms. The number of esters is 1. The van der Waals surface area contributed by atoms with Crippen molar-refractivity contribution in [3.8, 4) is 5.75 Å². The third-order valence-electron chi connectivity index (χ3n) is 6.78. The summed E-state index contributed by atoms with van der Waals surface area (Å²) in [5.41, 5.74) is 2.72. The molecule has 5 aromatic rings. The summed E-state index contributed by atoms with van der Waals surface area (Å²) in [6.45, 7) is 1.94. The molecule has 2 aromatic heterocycles. The van der Waals surface area contributed by atoms with Gasteiger partial charge in [0.2, 0.25) is 0 Å². The minimum atomic E-state index is -0.845. The van der Waals surface area contributed by atoms with Gasteiger partial charge in [0.15, 0.2) is 4.80 Å². The molecule has 0 spiro atoms. The average Bonchev–Trinajstić information content (AvgIpc) is 3.31. The summed E-state index contributed by atoms with van der Waals surface area (Å²) in [4.78, 5) is 37.5. The van der Waals surface area contributed by atoms with Gasteiger partial charge in [-0.1, -0.05) is 78.1 Å². The zero-order valence-electron chi connectivity index (χ0n) is 21.9. The second-order valence-electron chi connectivity index (χ2n) is 9.12. The lowest BCUT2D eigenvalue weighted by Crippen LogP contribution is -2.40. The van der Waals surface area contributed by atoms with E-state index in [-0.39, 0.29) is 17.7 Å². The Bertz CT molecular complexity index is 1940. The predicted molar refractivity (Wildman–Crippen MR) is 156 cm³/mol. The molecule has 7 nitrogen and oxygen atoms in total. The molecule has 3 heterocycles. The maximum absolute atomic E-state index is 14.2. The molecule has 1 atom stereocenters. The number of nitrogens with zero attached hydrogens (tertiary/aromatic N) is 3. The van der Waals surface area contributed by atoms with Crippen molar-refractivity contribution in [2.45, 2.75) is 13.0 Å². The standard InChI is InChI=1S/C32H25N3O4S/c1-3-39-31(37)27-28(22-12-5-4-6-13-22)34-32-35(30(36)25(40-32)18-20-10-9-17-33-19-20)29(27)26-23-14-8-7-11-21(23)15-16-24(26)38-2/h4-19,29H,3H2,1-2H3/b25-18+/t29-/m1/s1. The quantitative estimate of drug-likeness (QED) is 0.293. The van der Waals surface area contributed by atoms with E-state index >= 15 is 0 Å². The number of hydrogen-bond acceptors (Lipinski definition) is 7. The summed E-state index contributed by atoms with van der Waals surface area (Å²) < 4.78 is 13.5. The summed E-state index contributed by atoms with van der Waals surface area (Å²) in [7, 11) is 1.59. The van der Waals surface area contributed by atoms with Gasteiger partial charge in [0.05, 0.1) is 29.5 Å². The lowest BCUT2D eigenvalue weighted by Gasteiger charge is -2.28. The molecule has 0 saturated heterocycles. The van der Waals surface area contributed by atoms with Crippen LogP contribution in [0.3, 0.4) is 0 Å². The van der Waals surface area contributed by atoms with E-state index in [1.807, 2.05) is 78.9 Å². The zero-order valence-corrected chi connectivity index (χ0v) is 22.7. The minimum Gasteiger partial charge on any atom is -0.496 e. The van der Waals surface area contributed by atoms with Crippen molar-refractivity contribution in [2.24, 2.45) is 4.99 Å². The fraction of sp³-hybridized carbons (Fsp3) is 0.125. The van der Waals surface area contributed by atoms with Crippen molar-refractivity contribution in [2.75, 3.05) is 13.7 Å². The van der Waals surface area contributed by atoms with Crippen molar-refractivity contribution in [1.29, 1.82) is 0 Å². The fourth-order valence-electron chi connectivity index (χ4n) is 5.06. The Balaban J connectivity index is 1.76. The molecule has 0 unspecified atom stereocenters. The van der Waals surface area contributed by atoms with E-state index in [1.54, 1.807) is 37.1 Å². The Morgan fingerprint density at radius 2 is 1.82 bits per heavy atom. The number of benzene rings is 3. The van der Waals surface area contributed by atoms with Crippen molar-refractivity contribution in [3.63, 3.8) is 0 Å². The number of ether oxygens (including phenoxy) is 2. The Kier molecular flexibility index (Phi) is 6.84. The van der Waals surface area contributed by atoms with E-state index in [9.17, 15) is 9.59 Å². The molecule has 0 amide bonds. The van der Waals surface area contributed by atoms with Gasteiger partial charge in [-0.25, -0.2) is 9.79 Å². The van der Waals surface area contributed by atoms with E-state index in [0.29, 0.717) is 26.3 Å². The van der Waals surface area contributed by atoms with Gasteiger partial charge in [0, 0.05) is 23.5 Å². The van der Waals surface area contributed by atoms with Crippen LogP contribution in [0.25, 0.3) is 22.5 Å². The second-order valence-corrected chi connectivity index (χ2v) is 10.1. The predicted octanol–water partition coefficient (Wildman–Crippen LogP) is 4.49. The number of methoxy groups -OCH3 is 1. The molecule has 0 N–H and O–H groups in total. The van der Waals surface area contributed by atoms with Crippen LogP contribution in [0.2, 0.25) is 0 Å². The molecule has 0 radical (unpaired) electrons. The average molecular weight is 548 g/mol. The van der Waals surface area contributed by atoms with Crippen LogP contribution in [0.4, 0.5) is 0 Å². The maximum Gasteiger partial charge on any atom is 0.338 e. The van der Waals surface area contributed by atoms with Gasteiger partial charge in [-0.05, 0) is 41.5 Å². The lowest BCUT2D eigenvalue weighted by molar-refractivity contribution is -0.138. The van der Waals surface area contributed by atoms with Gasteiger partial charge in [-0.3, -0.25) is 14.3 Å². The van der Waals surface area contributed by atoms with Crippen LogP contribution in [0.1, 0.15) is 29.7 Å². The number of carbonyl (C=O) groups excluding carboxylic acids is 1. The zero-order chi connectivity index (χ0) is 27.6. The van der Waals surface area contributed by atoms with Gasteiger partial charge >= 0.3 is 5.97 Å². The van der Waals surface area contributed by atoms with Crippen LogP contribution in [-0.4, -0.2) is 29.2 Å². The van der Waals surface area contributed by atoms with Crippen LogP contribution < -0.4 is 19.6 Å². The van der Waals surface area contributed by atoms with E-state index in [0.717, 1.165) is 21.9 Å². The summed E-state index contributed by atoms with van der Waals surface area (Å²) >= 11 is 1.27. The summed E-state index contributed by atoms with van der Waals surface area (Å²) in [5, 5.41) is 1.82. The molecule has 198 valence electrons. The van der Waals surface area contributed by atoms with Gasteiger partial charge in [0.25, 0.3) is 5.56 Å². The highest BCUT2D eigenvalue weighted by Crippen LogP contribution is 2.42. The summed E-state index contributed by atoms with van der Waals surface area (Å²) in [6, 6.07) is 24.1. The van der Waals surface area contributed by atoms with Crippen molar-refractivity contribution in [1.82, 2.24) is 9.55 Å². The lowest BCUT2D eigenvalue weighted by atomic mass is 9.89. The third kappa shape index (κ3) is 4.42. The largest absolute Gasteiger partial charge is 0.496 e. The Morgan fingerprint density at radius 3 is 2.58 bits per heavy atom. The van der Waals surface area contributed by atoms with Gasteiger partial charge in [0.1, 0.15) is 11.8 Å². The van der Waals surface area contributed by atoms with Crippen LogP contribution in [0.5, 0.6) is 5.75 Å². The number of rotatable bonds is 6. The van der Waals surface area contributed by atoms with Crippen molar-refractivity contribution < 1.29 is 14.3 Å². The molecule has 0 saturated carbocycles. The van der Waals surface area contributed by atoms with Crippen molar-refractivity contribution in [3.05, 3.63) is 133 Å². The van der Waals surface area contributed by atoms with Crippen LogP contribution >= 0.6 is 11.3 Å². The van der Waals surface area contributed by atoms with E-state index in [1.165, 1.54) is 11.3 Å². The van der Waals surface area contributed by atoms with Crippen LogP contribution in [-0.2, 0) is 9.53 Å². The number of carbonyl (C=O) groups is 1. The van der Waals surface area contributed by atoms with E-state index in [2.05, 4.69) is 4.98 Å². The molecule has 0 aliphatic carbocycles. The molecular weight excluding hydrogens is 522 g/mol. The van der Waals surface area contributed by atoms with Gasteiger partial charge in [-0.2, -0.15) is 0 Å². The topological polar surface area (TPSA) is 82.8 Å². The first-order chi connectivity index (χ1) is 19.6. The molecule has 0 fully saturated rings. The molecule has 1 aliphatic heterocycles. The Hall–Kier alpha value is -4.82. The number of pyridine rings is 1. The van der Waals surface area contributed by atoms with E-state index < -0.39 is 12.0 Å². The number of hydrogen-bond donors (Lipinski definition) is 0. The molecule has 8 heteroatoms. The highest BCUT2D eigenvalue weighted by atomic mass is 32.1. The van der Waals surface area contributed by atoms with Gasteiger partial charge < -0.3 is 9.47 Å². The first kappa shape index (κ1) is 25.5. The first-order valence-electron chi connectivity index (χ1n) is 12.8. The molecular formula is C32H25N3O4S. The third-order valence-corrected chi connectivity index (χ3v) is 7.76. The van der Waals surface area contributed by atoms with Crippen LogP contribution in [0, 0.1) is 0 Å². The molecule has 3 aromatic carbocycles. The minimum absolute atomic E-state index is 0.176. The second kappa shape index (κ2) is 10.7. The van der Waals surface area contributed by atoms with Crippen molar-refractivity contribution >= 4 is 39.9 Å². The number of thiazole rings is 1. The molecule has 40 heavy (non-hydrogen) atoms. The number of fused-ring (bicyclic) bond motifs is 2. The Morgan fingerprint density at radius 1 is 1.02 bits per heavy atom. The normalized spacial score (nSPS) is 15.1. The molecule has 6 rings (SSSR count). The summed E-state index contributed by atoms with van der Waals surface area (Å²) in [5.74, 6) is 0.0216. The smallest absolute Gasteiger partial charge is 0.338 e. The first-order valence-corrected chi connectivity index (χ1v) is 13.7. The SMILES string of the molecule is CCOC(=O)C1=C(c2ccccc2)N=c2s/c(=C/c3cccnc3)c(=O)n2[C@@H]1c1c(OC)ccc2ccccc12. The Labute approximate surface area is 234 Å². The highest BCUT2D eigenvalue weighted by molar-refractivity contribution is 7.07. The monoisotopic (exact) mass is 547 g/mol. The van der Waals surface area contributed by atoms with Gasteiger partial charge in [-0.15, -0.1) is 0 Å². The molecule has 1 aliphatic rings. The highest BCUT2D eigenvalue weighted by Gasteiger charge is 2.37. The van der Waals surface area contributed by atoms with Crippen LogP contribution in [0.15, 0.2) is 107 Å². The summed E-state index contributed by atoms with van der Waals surface area (Å²) in [6.07, 6.45) is 5.18. The number of aromatic nitrogens is 2. The fourth-order valence-corrected chi connectivity index (χ4v) is 6.06. The maximum atomic E-state index is 14.2.